The molecule has 1 unspecified atom stereocenters. The van der Waals surface area contributed by atoms with Crippen LogP contribution in [0.3, 0.4) is 0 Å². The first-order valence-electron chi connectivity index (χ1n) is 10.5. The van der Waals surface area contributed by atoms with Gasteiger partial charge in [-0.3, -0.25) is 9.89 Å². The number of furan rings is 1. The highest BCUT2D eigenvalue weighted by Gasteiger charge is 2.41. The third-order valence-electron chi connectivity index (χ3n) is 6.64. The van der Waals surface area contributed by atoms with Crippen molar-refractivity contribution in [3.05, 3.63) is 23.7 Å². The van der Waals surface area contributed by atoms with Crippen LogP contribution in [0, 0.1) is 12.3 Å². The zero-order chi connectivity index (χ0) is 18.7. The maximum atomic E-state index is 5.99. The molecule has 3 fully saturated rings. The monoisotopic (exact) mass is 374 g/mol. The SMILES string of the molecule is CN=C(NCC(c1ccc(C)o1)N1CCOCC1)N1CCC2(CCCC2)C1. The third-order valence-corrected chi connectivity index (χ3v) is 6.64. The molecule has 1 aromatic heterocycles. The average Bonchev–Trinajstić information content (AvgIpc) is 3.43. The summed E-state index contributed by atoms with van der Waals surface area (Å²) in [5, 5.41) is 3.66. The van der Waals surface area contributed by atoms with Gasteiger partial charge in [0.05, 0.1) is 19.3 Å². The summed E-state index contributed by atoms with van der Waals surface area (Å²) in [6.07, 6.45) is 6.90. The quantitative estimate of drug-likeness (QED) is 0.649. The fourth-order valence-electron chi connectivity index (χ4n) is 5.10. The van der Waals surface area contributed by atoms with E-state index < -0.39 is 0 Å². The topological polar surface area (TPSA) is 53.2 Å². The molecule has 1 N–H and O–H groups in total. The van der Waals surface area contributed by atoms with Gasteiger partial charge in [-0.15, -0.1) is 0 Å². The first-order valence-corrected chi connectivity index (χ1v) is 10.5. The minimum Gasteiger partial charge on any atom is -0.465 e. The molecule has 2 saturated heterocycles. The largest absolute Gasteiger partial charge is 0.465 e. The van der Waals surface area contributed by atoms with Gasteiger partial charge in [0.15, 0.2) is 5.96 Å². The van der Waals surface area contributed by atoms with Crippen LogP contribution < -0.4 is 5.32 Å². The van der Waals surface area contributed by atoms with E-state index in [0.29, 0.717) is 5.41 Å². The molecule has 0 radical (unpaired) electrons. The van der Waals surface area contributed by atoms with Gasteiger partial charge in [0, 0.05) is 39.8 Å². The summed E-state index contributed by atoms with van der Waals surface area (Å²) < 4.78 is 11.5. The van der Waals surface area contributed by atoms with Crippen molar-refractivity contribution in [1.29, 1.82) is 0 Å². The summed E-state index contributed by atoms with van der Waals surface area (Å²) in [5.41, 5.74) is 0.555. The lowest BCUT2D eigenvalue weighted by molar-refractivity contribution is 0.0123. The van der Waals surface area contributed by atoms with Gasteiger partial charge in [-0.25, -0.2) is 0 Å². The van der Waals surface area contributed by atoms with Crippen molar-refractivity contribution >= 4 is 5.96 Å². The fourth-order valence-corrected chi connectivity index (χ4v) is 5.10. The van der Waals surface area contributed by atoms with Crippen molar-refractivity contribution in [3.63, 3.8) is 0 Å². The molecule has 6 nitrogen and oxygen atoms in total. The number of guanidine groups is 1. The summed E-state index contributed by atoms with van der Waals surface area (Å²) in [7, 11) is 1.91. The maximum absolute atomic E-state index is 5.99. The second-order valence-electron chi connectivity index (χ2n) is 8.42. The summed E-state index contributed by atoms with van der Waals surface area (Å²) in [6, 6.07) is 4.38. The predicted octanol–water partition coefficient (Wildman–Crippen LogP) is 2.80. The Hall–Kier alpha value is -1.53. The smallest absolute Gasteiger partial charge is 0.193 e. The Morgan fingerprint density at radius 1 is 1.19 bits per heavy atom. The number of ether oxygens (including phenoxy) is 1. The van der Waals surface area contributed by atoms with Gasteiger partial charge in [0.25, 0.3) is 0 Å². The van der Waals surface area contributed by atoms with Crippen molar-refractivity contribution in [1.82, 2.24) is 15.1 Å². The Morgan fingerprint density at radius 2 is 1.96 bits per heavy atom. The van der Waals surface area contributed by atoms with E-state index in [4.69, 9.17) is 9.15 Å². The van der Waals surface area contributed by atoms with Gasteiger partial charge in [-0.05, 0) is 43.7 Å². The molecule has 3 heterocycles. The van der Waals surface area contributed by atoms with Crippen LogP contribution in [0.4, 0.5) is 0 Å². The third kappa shape index (κ3) is 4.16. The van der Waals surface area contributed by atoms with Crippen LogP contribution in [0.15, 0.2) is 21.5 Å². The number of nitrogens with one attached hydrogen (secondary N) is 1. The molecule has 1 spiro atoms. The second kappa shape index (κ2) is 8.23. The van der Waals surface area contributed by atoms with Crippen molar-refractivity contribution in [2.24, 2.45) is 10.4 Å². The second-order valence-corrected chi connectivity index (χ2v) is 8.42. The van der Waals surface area contributed by atoms with Gasteiger partial charge in [-0.2, -0.15) is 0 Å². The lowest BCUT2D eigenvalue weighted by Crippen LogP contribution is -2.47. The van der Waals surface area contributed by atoms with E-state index in [1.807, 2.05) is 14.0 Å². The number of rotatable bonds is 4. The van der Waals surface area contributed by atoms with Crippen molar-refractivity contribution < 1.29 is 9.15 Å². The Bertz CT molecular complexity index is 644. The van der Waals surface area contributed by atoms with Crippen molar-refractivity contribution in [2.75, 3.05) is 53.0 Å². The number of likely N-dealkylation sites (tertiary alicyclic amines) is 1. The lowest BCUT2D eigenvalue weighted by Gasteiger charge is -2.34. The molecule has 27 heavy (non-hydrogen) atoms. The van der Waals surface area contributed by atoms with Crippen LogP contribution in [-0.2, 0) is 4.74 Å². The van der Waals surface area contributed by atoms with Gasteiger partial charge < -0.3 is 19.4 Å². The standard InChI is InChI=1S/C21H34N4O2/c1-17-5-6-19(27-17)18(24-11-13-26-14-12-24)15-23-20(22-2)25-10-9-21(16-25)7-3-4-8-21/h5-6,18H,3-4,7-16H2,1-2H3,(H,22,23). The van der Waals surface area contributed by atoms with Crippen LogP contribution in [0.5, 0.6) is 0 Å². The van der Waals surface area contributed by atoms with Crippen LogP contribution in [0.25, 0.3) is 0 Å². The molecule has 1 aliphatic carbocycles. The lowest BCUT2D eigenvalue weighted by atomic mass is 9.86. The van der Waals surface area contributed by atoms with Crippen LogP contribution in [0.2, 0.25) is 0 Å². The zero-order valence-corrected chi connectivity index (χ0v) is 16.9. The molecule has 1 saturated carbocycles. The number of aliphatic imine (C=N–C) groups is 1. The van der Waals surface area contributed by atoms with E-state index in [1.54, 1.807) is 0 Å². The number of hydrogen-bond acceptors (Lipinski definition) is 4. The number of nitrogens with zero attached hydrogens (tertiary/aromatic N) is 3. The molecule has 0 bridgehead atoms. The zero-order valence-electron chi connectivity index (χ0n) is 16.9. The highest BCUT2D eigenvalue weighted by Crippen LogP contribution is 2.45. The van der Waals surface area contributed by atoms with Gasteiger partial charge in [0.1, 0.15) is 11.5 Å². The predicted molar refractivity (Wildman–Crippen MR) is 107 cm³/mol. The summed E-state index contributed by atoms with van der Waals surface area (Å²) >= 11 is 0. The Morgan fingerprint density at radius 3 is 2.63 bits per heavy atom. The van der Waals surface area contributed by atoms with E-state index in [-0.39, 0.29) is 6.04 Å². The van der Waals surface area contributed by atoms with E-state index in [0.717, 1.165) is 63.4 Å². The number of morpholine rings is 1. The number of hydrogen-bond donors (Lipinski definition) is 1. The normalized spacial score (nSPS) is 24.7. The summed E-state index contributed by atoms with van der Waals surface area (Å²) in [4.78, 5) is 9.53. The Labute approximate surface area is 162 Å². The summed E-state index contributed by atoms with van der Waals surface area (Å²) in [5.74, 6) is 3.04. The minimum absolute atomic E-state index is 0.211. The molecule has 1 atom stereocenters. The van der Waals surface area contributed by atoms with Crippen molar-refractivity contribution in [3.8, 4) is 0 Å². The summed E-state index contributed by atoms with van der Waals surface area (Å²) in [6.45, 7) is 8.57. The molecule has 150 valence electrons. The number of aryl methyl sites for hydroxylation is 1. The molecule has 0 amide bonds. The van der Waals surface area contributed by atoms with Crippen LogP contribution >= 0.6 is 0 Å². The highest BCUT2D eigenvalue weighted by atomic mass is 16.5. The molecular formula is C21H34N4O2. The maximum Gasteiger partial charge on any atom is 0.193 e. The minimum atomic E-state index is 0.211. The first kappa shape index (κ1) is 18.8. The highest BCUT2D eigenvalue weighted by molar-refractivity contribution is 5.80. The van der Waals surface area contributed by atoms with E-state index in [9.17, 15) is 0 Å². The first-order chi connectivity index (χ1) is 13.2. The molecule has 2 aliphatic heterocycles. The van der Waals surface area contributed by atoms with Gasteiger partial charge in [0.2, 0.25) is 0 Å². The van der Waals surface area contributed by atoms with Gasteiger partial charge in [-0.1, -0.05) is 12.8 Å². The Kier molecular flexibility index (Phi) is 5.74. The van der Waals surface area contributed by atoms with E-state index in [1.165, 1.54) is 32.1 Å². The Balaban J connectivity index is 1.41. The molecular weight excluding hydrogens is 340 g/mol. The van der Waals surface area contributed by atoms with Crippen LogP contribution in [-0.4, -0.2) is 68.7 Å². The molecule has 3 aliphatic rings. The molecule has 6 heteroatoms. The molecule has 1 aromatic rings. The average molecular weight is 375 g/mol. The van der Waals surface area contributed by atoms with E-state index >= 15 is 0 Å². The van der Waals surface area contributed by atoms with Crippen LogP contribution in [0.1, 0.15) is 49.7 Å². The molecule has 0 aromatic carbocycles. The molecule has 4 rings (SSSR count). The van der Waals surface area contributed by atoms with Gasteiger partial charge >= 0.3 is 0 Å². The van der Waals surface area contributed by atoms with E-state index in [2.05, 4.69) is 32.2 Å². The fraction of sp³-hybridized carbons (Fsp3) is 0.762. The van der Waals surface area contributed by atoms with Crippen molar-refractivity contribution in [2.45, 2.75) is 45.1 Å².